The molecule has 0 aliphatic carbocycles. The maximum Gasteiger partial charge on any atom is 0.252 e. The highest BCUT2D eigenvalue weighted by Gasteiger charge is 2.13. The van der Waals surface area contributed by atoms with Gasteiger partial charge in [-0.15, -0.1) is 0 Å². The van der Waals surface area contributed by atoms with Crippen LogP contribution in [0, 0.1) is 13.8 Å². The second kappa shape index (κ2) is 5.52. The van der Waals surface area contributed by atoms with Crippen LogP contribution in [0.5, 0.6) is 0 Å². The maximum absolute atomic E-state index is 5.48. The number of rotatable bonds is 4. The van der Waals surface area contributed by atoms with Crippen molar-refractivity contribution in [1.29, 1.82) is 0 Å². The van der Waals surface area contributed by atoms with Crippen molar-refractivity contribution in [3.8, 4) is 0 Å². The van der Waals surface area contributed by atoms with Gasteiger partial charge in [0, 0.05) is 13.5 Å². The maximum atomic E-state index is 5.48. The smallest absolute Gasteiger partial charge is 0.252 e. The molecule has 0 aliphatic rings. The summed E-state index contributed by atoms with van der Waals surface area (Å²) >= 11 is 0. The highest BCUT2D eigenvalue weighted by molar-refractivity contribution is 5.81. The average molecular weight is 282 g/mol. The third-order valence-electron chi connectivity index (χ3n) is 3.42. The third-order valence-corrected chi connectivity index (χ3v) is 3.42. The molecular weight excluding hydrogens is 264 g/mol. The lowest BCUT2D eigenvalue weighted by molar-refractivity contribution is 0.550. The number of fused-ring (bicyclic) bond motifs is 1. The van der Waals surface area contributed by atoms with Gasteiger partial charge in [-0.2, -0.15) is 4.98 Å². The van der Waals surface area contributed by atoms with Crippen LogP contribution < -0.4 is 5.32 Å². The van der Waals surface area contributed by atoms with Crippen molar-refractivity contribution in [3.63, 3.8) is 0 Å². The molecule has 0 spiro atoms. The second-order valence-electron chi connectivity index (χ2n) is 5.20. The number of aryl methyl sites for hydroxylation is 2. The van der Waals surface area contributed by atoms with Crippen molar-refractivity contribution >= 4 is 17.0 Å². The van der Waals surface area contributed by atoms with Gasteiger partial charge in [0.05, 0.1) is 0 Å². The van der Waals surface area contributed by atoms with E-state index in [1.807, 2.05) is 19.9 Å². The molecule has 1 N–H and O–H groups in total. The number of nitrogens with one attached hydrogen (secondary N) is 1. The summed E-state index contributed by atoms with van der Waals surface area (Å²) < 4.78 is 5.48. The molecular formula is C16H18N4O. The molecule has 0 amide bonds. The summed E-state index contributed by atoms with van der Waals surface area (Å²) in [5.74, 6) is 2.39. The SMILES string of the molecule is Cc1nc(NCC(C)c2ccccc2)c2nc(C)oc2n1. The Hall–Kier alpha value is -2.43. The Morgan fingerprint density at radius 3 is 2.62 bits per heavy atom. The van der Waals surface area contributed by atoms with E-state index < -0.39 is 0 Å². The van der Waals surface area contributed by atoms with Crippen LogP contribution in [0.3, 0.4) is 0 Å². The van der Waals surface area contributed by atoms with Gasteiger partial charge in [-0.05, 0) is 18.4 Å². The van der Waals surface area contributed by atoms with Crippen molar-refractivity contribution in [3.05, 3.63) is 47.6 Å². The molecule has 3 aromatic rings. The van der Waals surface area contributed by atoms with E-state index in [4.69, 9.17) is 4.42 Å². The molecule has 5 nitrogen and oxygen atoms in total. The number of benzene rings is 1. The van der Waals surface area contributed by atoms with E-state index in [0.29, 0.717) is 28.9 Å². The number of oxazole rings is 1. The third kappa shape index (κ3) is 2.86. The Morgan fingerprint density at radius 1 is 1.10 bits per heavy atom. The van der Waals surface area contributed by atoms with E-state index in [1.165, 1.54) is 5.56 Å². The Kier molecular flexibility index (Phi) is 3.56. The molecule has 0 aliphatic heterocycles. The van der Waals surface area contributed by atoms with Crippen molar-refractivity contribution in [1.82, 2.24) is 15.0 Å². The summed E-state index contributed by atoms with van der Waals surface area (Å²) in [6.07, 6.45) is 0. The fraction of sp³-hybridized carbons (Fsp3) is 0.312. The van der Waals surface area contributed by atoms with Crippen LogP contribution >= 0.6 is 0 Å². The summed E-state index contributed by atoms with van der Waals surface area (Å²) in [6, 6.07) is 10.4. The summed E-state index contributed by atoms with van der Waals surface area (Å²) in [5.41, 5.74) is 2.52. The molecule has 2 heterocycles. The van der Waals surface area contributed by atoms with E-state index in [1.54, 1.807) is 0 Å². The zero-order valence-corrected chi connectivity index (χ0v) is 12.4. The zero-order chi connectivity index (χ0) is 14.8. The number of hydrogen-bond acceptors (Lipinski definition) is 5. The van der Waals surface area contributed by atoms with Gasteiger partial charge in [-0.3, -0.25) is 0 Å². The lowest BCUT2D eigenvalue weighted by atomic mass is 10.0. The molecule has 1 aromatic carbocycles. The predicted molar refractivity (Wildman–Crippen MR) is 82.4 cm³/mol. The first kappa shape index (κ1) is 13.5. The average Bonchev–Trinajstić information content (AvgIpc) is 2.85. The van der Waals surface area contributed by atoms with Crippen molar-refractivity contribution in [2.45, 2.75) is 26.7 Å². The minimum Gasteiger partial charge on any atom is -0.422 e. The molecule has 0 fully saturated rings. The quantitative estimate of drug-likeness (QED) is 0.794. The fourth-order valence-corrected chi connectivity index (χ4v) is 2.31. The largest absolute Gasteiger partial charge is 0.422 e. The van der Waals surface area contributed by atoms with Crippen LogP contribution in [-0.4, -0.2) is 21.5 Å². The Bertz CT molecular complexity index is 752. The van der Waals surface area contributed by atoms with Gasteiger partial charge in [-0.25, -0.2) is 9.97 Å². The zero-order valence-electron chi connectivity index (χ0n) is 12.4. The van der Waals surface area contributed by atoms with Crippen molar-refractivity contribution in [2.24, 2.45) is 0 Å². The van der Waals surface area contributed by atoms with E-state index in [2.05, 4.69) is 51.5 Å². The second-order valence-corrected chi connectivity index (χ2v) is 5.20. The minimum absolute atomic E-state index is 0.379. The molecule has 0 saturated heterocycles. The van der Waals surface area contributed by atoms with Crippen LogP contribution in [0.4, 0.5) is 5.82 Å². The summed E-state index contributed by atoms with van der Waals surface area (Å²) in [4.78, 5) is 13.0. The molecule has 5 heteroatoms. The summed E-state index contributed by atoms with van der Waals surface area (Å²) in [6.45, 7) is 6.62. The van der Waals surface area contributed by atoms with Crippen LogP contribution in [0.25, 0.3) is 11.2 Å². The van der Waals surface area contributed by atoms with Gasteiger partial charge in [0.1, 0.15) is 5.82 Å². The predicted octanol–water partition coefficient (Wildman–Crippen LogP) is 3.45. The standard InChI is InChI=1S/C16H18N4O/c1-10(13-7-5-4-6-8-13)9-17-15-14-16(19-11(2)18-15)21-12(3)20-14/h4-8,10H,9H2,1-3H3,(H,17,18,19). The summed E-state index contributed by atoms with van der Waals surface area (Å²) in [5, 5.41) is 3.37. The first-order chi connectivity index (χ1) is 10.1. The van der Waals surface area contributed by atoms with Gasteiger partial charge >= 0.3 is 0 Å². The van der Waals surface area contributed by atoms with Crippen LogP contribution in [0.1, 0.15) is 30.1 Å². The van der Waals surface area contributed by atoms with E-state index in [0.717, 1.165) is 12.4 Å². The Balaban J connectivity index is 1.82. The van der Waals surface area contributed by atoms with Gasteiger partial charge in [-0.1, -0.05) is 37.3 Å². The van der Waals surface area contributed by atoms with E-state index in [9.17, 15) is 0 Å². The van der Waals surface area contributed by atoms with Gasteiger partial charge < -0.3 is 9.73 Å². The lowest BCUT2D eigenvalue weighted by Gasteiger charge is -2.13. The van der Waals surface area contributed by atoms with Crippen LogP contribution in [0.15, 0.2) is 34.7 Å². The number of hydrogen-bond donors (Lipinski definition) is 1. The molecule has 21 heavy (non-hydrogen) atoms. The molecule has 0 saturated carbocycles. The fourth-order valence-electron chi connectivity index (χ4n) is 2.31. The molecule has 0 radical (unpaired) electrons. The van der Waals surface area contributed by atoms with Gasteiger partial charge in [0.15, 0.2) is 17.2 Å². The first-order valence-electron chi connectivity index (χ1n) is 7.04. The van der Waals surface area contributed by atoms with E-state index >= 15 is 0 Å². The monoisotopic (exact) mass is 282 g/mol. The van der Waals surface area contributed by atoms with Crippen molar-refractivity contribution < 1.29 is 4.42 Å². The highest BCUT2D eigenvalue weighted by Crippen LogP contribution is 2.22. The molecule has 3 rings (SSSR count). The van der Waals surface area contributed by atoms with Gasteiger partial charge in [0.25, 0.3) is 5.71 Å². The van der Waals surface area contributed by atoms with Crippen molar-refractivity contribution in [2.75, 3.05) is 11.9 Å². The molecule has 1 atom stereocenters. The molecule has 1 unspecified atom stereocenters. The highest BCUT2D eigenvalue weighted by atomic mass is 16.4. The van der Waals surface area contributed by atoms with E-state index in [-0.39, 0.29) is 0 Å². The van der Waals surface area contributed by atoms with Crippen LogP contribution in [-0.2, 0) is 0 Å². The Labute approximate surface area is 123 Å². The normalized spacial score (nSPS) is 12.5. The Morgan fingerprint density at radius 2 is 1.86 bits per heavy atom. The first-order valence-corrected chi connectivity index (χ1v) is 7.04. The topological polar surface area (TPSA) is 63.8 Å². The molecule has 2 aromatic heterocycles. The molecule has 108 valence electrons. The summed E-state index contributed by atoms with van der Waals surface area (Å²) in [7, 11) is 0. The van der Waals surface area contributed by atoms with Crippen LogP contribution in [0.2, 0.25) is 0 Å². The minimum atomic E-state index is 0.379. The number of nitrogens with zero attached hydrogens (tertiary/aromatic N) is 3. The van der Waals surface area contributed by atoms with Gasteiger partial charge in [0.2, 0.25) is 0 Å². The number of anilines is 1. The number of aromatic nitrogens is 3. The molecule has 0 bridgehead atoms. The lowest BCUT2D eigenvalue weighted by Crippen LogP contribution is -2.11.